The topological polar surface area (TPSA) is 29.1 Å². The fourth-order valence-electron chi connectivity index (χ4n) is 1.76. The van der Waals surface area contributed by atoms with E-state index >= 15 is 0 Å². The average molecular weight is 298 g/mol. The molecule has 2 rings (SSSR count). The molecule has 2 aromatic rings. The molecule has 0 bridgehead atoms. The van der Waals surface area contributed by atoms with Crippen LogP contribution < -0.4 is 5.32 Å². The van der Waals surface area contributed by atoms with Gasteiger partial charge in [0.25, 0.3) is 5.91 Å². The van der Waals surface area contributed by atoms with Crippen LogP contribution >= 0.6 is 22.9 Å². The zero-order valence-corrected chi connectivity index (χ0v) is 12.2. The van der Waals surface area contributed by atoms with Crippen molar-refractivity contribution < 1.29 is 9.18 Å². The number of thiophene rings is 1. The highest BCUT2D eigenvalue weighted by atomic mass is 35.5. The first-order chi connectivity index (χ1) is 9.01. The number of aryl methyl sites for hydroxylation is 2. The Morgan fingerprint density at radius 3 is 2.74 bits per heavy atom. The number of rotatable bonds is 3. The summed E-state index contributed by atoms with van der Waals surface area (Å²) in [7, 11) is 0. The molecule has 0 aliphatic carbocycles. The maximum absolute atomic E-state index is 12.9. The molecule has 100 valence electrons. The van der Waals surface area contributed by atoms with E-state index in [0.29, 0.717) is 10.6 Å². The third-order valence-corrected chi connectivity index (χ3v) is 4.21. The third-order valence-electron chi connectivity index (χ3n) is 2.80. The van der Waals surface area contributed by atoms with Crippen LogP contribution in [0, 0.1) is 12.7 Å². The summed E-state index contributed by atoms with van der Waals surface area (Å²) in [4.78, 5) is 13.9. The van der Waals surface area contributed by atoms with Gasteiger partial charge in [0.1, 0.15) is 5.82 Å². The Balaban J connectivity index is 2.20. The number of hydrogen-bond acceptors (Lipinski definition) is 2. The van der Waals surface area contributed by atoms with Gasteiger partial charge in [0.2, 0.25) is 0 Å². The van der Waals surface area contributed by atoms with Crippen molar-refractivity contribution in [1.29, 1.82) is 0 Å². The second-order valence-electron chi connectivity index (χ2n) is 4.12. The molecular formula is C14H13ClFNOS. The van der Waals surface area contributed by atoms with Crippen LogP contribution in [0.2, 0.25) is 5.02 Å². The van der Waals surface area contributed by atoms with Gasteiger partial charge in [-0.2, -0.15) is 0 Å². The van der Waals surface area contributed by atoms with Crippen molar-refractivity contribution in [1.82, 2.24) is 0 Å². The molecule has 1 amide bonds. The lowest BCUT2D eigenvalue weighted by molar-refractivity contribution is 0.103. The summed E-state index contributed by atoms with van der Waals surface area (Å²) in [6, 6.07) is 5.77. The number of benzene rings is 1. The fraction of sp³-hybridized carbons (Fsp3) is 0.214. The lowest BCUT2D eigenvalue weighted by atomic mass is 10.2. The molecule has 2 nitrogen and oxygen atoms in total. The second-order valence-corrected chi connectivity index (χ2v) is 5.79. The lowest BCUT2D eigenvalue weighted by Crippen LogP contribution is -2.10. The predicted octanol–water partition coefficient (Wildman–Crippen LogP) is 4.66. The van der Waals surface area contributed by atoms with E-state index in [4.69, 9.17) is 11.6 Å². The number of hydrogen-bond donors (Lipinski definition) is 1. The van der Waals surface area contributed by atoms with Gasteiger partial charge in [0.15, 0.2) is 0 Å². The first-order valence-electron chi connectivity index (χ1n) is 5.87. The van der Waals surface area contributed by atoms with Gasteiger partial charge in [0, 0.05) is 4.88 Å². The standard InChI is InChI=1S/C14H13ClFNOS/c1-3-9-6-13(19-8(9)2)14(18)17-12-5-4-10(16)7-11(12)15/h4-7H,3H2,1-2H3,(H,17,18). The summed E-state index contributed by atoms with van der Waals surface area (Å²) in [6.45, 7) is 4.04. The zero-order valence-electron chi connectivity index (χ0n) is 10.6. The highest BCUT2D eigenvalue weighted by molar-refractivity contribution is 7.14. The summed E-state index contributed by atoms with van der Waals surface area (Å²) in [5.74, 6) is -0.649. The molecule has 19 heavy (non-hydrogen) atoms. The molecule has 1 heterocycles. The van der Waals surface area contributed by atoms with Crippen LogP contribution in [0.5, 0.6) is 0 Å². The largest absolute Gasteiger partial charge is 0.320 e. The summed E-state index contributed by atoms with van der Waals surface area (Å²) in [6.07, 6.45) is 0.896. The van der Waals surface area contributed by atoms with Gasteiger partial charge < -0.3 is 5.32 Å². The summed E-state index contributed by atoms with van der Waals surface area (Å²) in [5.41, 5.74) is 1.58. The average Bonchev–Trinajstić information content (AvgIpc) is 2.74. The Kier molecular flexibility index (Phi) is 4.22. The predicted molar refractivity (Wildman–Crippen MR) is 77.8 cm³/mol. The second kappa shape index (κ2) is 5.72. The summed E-state index contributed by atoms with van der Waals surface area (Å²) >= 11 is 7.32. The van der Waals surface area contributed by atoms with Gasteiger partial charge in [-0.25, -0.2) is 4.39 Å². The maximum atomic E-state index is 12.9. The minimum absolute atomic E-state index is 0.192. The van der Waals surface area contributed by atoms with Crippen LogP contribution in [0.1, 0.15) is 27.0 Å². The van der Waals surface area contributed by atoms with Gasteiger partial charge in [-0.15, -0.1) is 11.3 Å². The Bertz CT molecular complexity index is 624. The smallest absolute Gasteiger partial charge is 0.265 e. The monoisotopic (exact) mass is 297 g/mol. The van der Waals surface area contributed by atoms with Gasteiger partial charge in [-0.05, 0) is 43.2 Å². The fourth-order valence-corrected chi connectivity index (χ4v) is 2.98. The first-order valence-corrected chi connectivity index (χ1v) is 7.06. The van der Waals surface area contributed by atoms with Crippen LogP contribution in [0.4, 0.5) is 10.1 Å². The number of carbonyl (C=O) groups is 1. The highest BCUT2D eigenvalue weighted by Gasteiger charge is 2.13. The first kappa shape index (κ1) is 14.0. The minimum Gasteiger partial charge on any atom is -0.320 e. The molecule has 0 atom stereocenters. The maximum Gasteiger partial charge on any atom is 0.265 e. The number of carbonyl (C=O) groups excluding carboxylic acids is 1. The van der Waals surface area contributed by atoms with Crippen molar-refractivity contribution in [3.63, 3.8) is 0 Å². The molecular weight excluding hydrogens is 285 g/mol. The van der Waals surface area contributed by atoms with Crippen LogP contribution in [-0.2, 0) is 6.42 Å². The van der Waals surface area contributed by atoms with E-state index in [9.17, 15) is 9.18 Å². The van der Waals surface area contributed by atoms with Crippen molar-refractivity contribution in [3.05, 3.63) is 50.4 Å². The number of halogens is 2. The normalized spacial score (nSPS) is 10.5. The molecule has 0 saturated carbocycles. The van der Waals surface area contributed by atoms with Crippen molar-refractivity contribution in [2.24, 2.45) is 0 Å². The van der Waals surface area contributed by atoms with E-state index in [1.807, 2.05) is 19.9 Å². The molecule has 1 aromatic carbocycles. The van der Waals surface area contributed by atoms with Crippen molar-refractivity contribution in [2.75, 3.05) is 5.32 Å². The van der Waals surface area contributed by atoms with Crippen LogP contribution in [0.15, 0.2) is 24.3 Å². The molecule has 0 spiro atoms. The molecule has 0 unspecified atom stereocenters. The number of anilines is 1. The summed E-state index contributed by atoms with van der Waals surface area (Å²) in [5, 5.41) is 2.88. The molecule has 0 saturated heterocycles. The molecule has 0 aliphatic heterocycles. The Labute approximate surface area is 120 Å². The third kappa shape index (κ3) is 3.14. The van der Waals surface area contributed by atoms with Crippen molar-refractivity contribution >= 4 is 34.5 Å². The van der Waals surface area contributed by atoms with Gasteiger partial charge in [0.05, 0.1) is 15.6 Å². The van der Waals surface area contributed by atoms with Crippen LogP contribution in [0.25, 0.3) is 0 Å². The Morgan fingerprint density at radius 2 is 2.16 bits per heavy atom. The van der Waals surface area contributed by atoms with Crippen LogP contribution in [-0.4, -0.2) is 5.91 Å². The van der Waals surface area contributed by atoms with E-state index in [2.05, 4.69) is 5.32 Å². The van der Waals surface area contributed by atoms with Crippen molar-refractivity contribution in [3.8, 4) is 0 Å². The Morgan fingerprint density at radius 1 is 1.42 bits per heavy atom. The molecule has 0 fully saturated rings. The van der Waals surface area contributed by atoms with E-state index < -0.39 is 5.82 Å². The van der Waals surface area contributed by atoms with Gasteiger partial charge in [-0.1, -0.05) is 18.5 Å². The van der Waals surface area contributed by atoms with Crippen molar-refractivity contribution in [2.45, 2.75) is 20.3 Å². The van der Waals surface area contributed by atoms with E-state index in [-0.39, 0.29) is 10.9 Å². The molecule has 1 aromatic heterocycles. The molecule has 0 aliphatic rings. The number of nitrogens with one attached hydrogen (secondary N) is 1. The van der Waals surface area contributed by atoms with E-state index in [1.165, 1.54) is 35.1 Å². The van der Waals surface area contributed by atoms with E-state index in [0.717, 1.165) is 11.3 Å². The molecule has 1 N–H and O–H groups in total. The zero-order chi connectivity index (χ0) is 14.0. The quantitative estimate of drug-likeness (QED) is 0.877. The van der Waals surface area contributed by atoms with Gasteiger partial charge in [-0.3, -0.25) is 4.79 Å². The van der Waals surface area contributed by atoms with E-state index in [1.54, 1.807) is 0 Å². The Hall–Kier alpha value is -1.39. The molecule has 0 radical (unpaired) electrons. The molecule has 5 heteroatoms. The minimum atomic E-state index is -0.428. The highest BCUT2D eigenvalue weighted by Crippen LogP contribution is 2.26. The van der Waals surface area contributed by atoms with Gasteiger partial charge >= 0.3 is 0 Å². The number of amides is 1. The SMILES string of the molecule is CCc1cc(C(=O)Nc2ccc(F)cc2Cl)sc1C. The van der Waals surface area contributed by atoms with Crippen LogP contribution in [0.3, 0.4) is 0 Å². The lowest BCUT2D eigenvalue weighted by Gasteiger charge is -2.05. The summed E-state index contributed by atoms with van der Waals surface area (Å²) < 4.78 is 12.9.